The minimum absolute atomic E-state index is 0.0158. The van der Waals surface area contributed by atoms with Crippen LogP contribution in [0.1, 0.15) is 90.4 Å². The molecule has 12 nitrogen and oxygen atoms in total. The summed E-state index contributed by atoms with van der Waals surface area (Å²) in [4.78, 5) is 14.1. The summed E-state index contributed by atoms with van der Waals surface area (Å²) in [6.45, 7) is 11.3. The van der Waals surface area contributed by atoms with Gasteiger partial charge in [0.15, 0.2) is 5.79 Å². The van der Waals surface area contributed by atoms with Crippen molar-refractivity contribution in [1.29, 1.82) is 0 Å². The molecule has 19 atom stereocenters. The standard InChI is InChI=1S/C40H59NO11/c1-19-11-24-5-7-28-20(2)12-26(45-28)9-10-40-17-33-36(51-40)37-38(50-33)39(52-40)35-29(49-37)8-6-25(47-35)13-22(42)14-27-31(16-30(46-24)21(19)3)48-32(34(27)44-4)15-23(43)18-41/h19,23-39,43H,2-3,5-18,41H2,1,4H3/t19-,23+,24+,25-,26+,27+,28+,29+,30-,31+,32-,33?,34?,35+,36?,37+,38?,39+,40?/m1/s1. The SMILES string of the molecule is C=C1C[C@@H]2CCC34CC5OC6[C@@H](O[C@H]7CC[C@H](CC(=O)C[C@@H]8C(OC)[C@@H](C[C@H](O)CN)O[C@H]8C[C@H]8O[C@@H](CC[C@@H]1O2)C[C@@H](C)C8=C)O[C@@H]7[C@@H]6O3)C5O4. The average Bonchev–Trinajstić information content (AvgIpc) is 3.79. The van der Waals surface area contributed by atoms with Gasteiger partial charge in [0, 0.05) is 58.1 Å². The van der Waals surface area contributed by atoms with Crippen LogP contribution in [-0.4, -0.2) is 128 Å². The Kier molecular flexibility index (Phi) is 10.0. The van der Waals surface area contributed by atoms with Crippen LogP contribution in [0.25, 0.3) is 0 Å². The fourth-order valence-corrected chi connectivity index (χ4v) is 11.3. The van der Waals surface area contributed by atoms with E-state index in [1.807, 2.05) is 0 Å². The van der Waals surface area contributed by atoms with Gasteiger partial charge in [0.25, 0.3) is 0 Å². The van der Waals surface area contributed by atoms with Crippen molar-refractivity contribution in [2.75, 3.05) is 13.7 Å². The van der Waals surface area contributed by atoms with E-state index in [0.29, 0.717) is 25.7 Å². The minimum Gasteiger partial charge on any atom is -0.392 e. The van der Waals surface area contributed by atoms with Crippen molar-refractivity contribution in [1.82, 2.24) is 0 Å². The molecule has 10 fully saturated rings. The quantitative estimate of drug-likeness (QED) is 0.409. The maximum atomic E-state index is 14.1. The highest BCUT2D eigenvalue weighted by molar-refractivity contribution is 5.79. The summed E-state index contributed by atoms with van der Waals surface area (Å²) in [5.74, 6) is -0.619. The first-order valence-corrected chi connectivity index (χ1v) is 20.2. The van der Waals surface area contributed by atoms with E-state index in [1.165, 1.54) is 0 Å². The van der Waals surface area contributed by atoms with Gasteiger partial charge in [-0.3, -0.25) is 4.79 Å². The molecule has 0 aliphatic carbocycles. The predicted octanol–water partition coefficient (Wildman–Crippen LogP) is 3.44. The molecule has 52 heavy (non-hydrogen) atoms. The number of aliphatic hydroxyl groups is 1. The summed E-state index contributed by atoms with van der Waals surface area (Å²) in [6.07, 6.45) is 4.85. The second-order valence-corrected chi connectivity index (χ2v) is 17.4. The van der Waals surface area contributed by atoms with Crippen molar-refractivity contribution in [2.45, 2.75) is 194 Å². The van der Waals surface area contributed by atoms with E-state index >= 15 is 0 Å². The lowest BCUT2D eigenvalue weighted by molar-refractivity contribution is -0.292. The van der Waals surface area contributed by atoms with Crippen LogP contribution in [0.15, 0.2) is 24.3 Å². The Morgan fingerprint density at radius 2 is 1.56 bits per heavy atom. The van der Waals surface area contributed by atoms with Gasteiger partial charge in [-0.2, -0.15) is 0 Å². The van der Waals surface area contributed by atoms with E-state index < -0.39 is 18.0 Å². The molecule has 10 aliphatic heterocycles. The van der Waals surface area contributed by atoms with Gasteiger partial charge in [0.2, 0.25) is 0 Å². The normalized spacial score (nSPS) is 52.4. The fourth-order valence-electron chi connectivity index (χ4n) is 11.3. The summed E-state index contributed by atoms with van der Waals surface area (Å²) in [5, 5.41) is 10.5. The predicted molar refractivity (Wildman–Crippen MR) is 186 cm³/mol. The van der Waals surface area contributed by atoms with Crippen molar-refractivity contribution in [3.63, 3.8) is 0 Å². The number of ether oxygens (including phenoxy) is 9. The van der Waals surface area contributed by atoms with Gasteiger partial charge < -0.3 is 53.5 Å². The first-order valence-electron chi connectivity index (χ1n) is 20.2. The summed E-state index contributed by atoms with van der Waals surface area (Å²) in [6, 6.07) is 0. The lowest BCUT2D eigenvalue weighted by Gasteiger charge is -2.47. The molecule has 0 aromatic rings. The van der Waals surface area contributed by atoms with Crippen LogP contribution in [0, 0.1) is 11.8 Å². The third-order valence-corrected chi connectivity index (χ3v) is 14.0. The van der Waals surface area contributed by atoms with Gasteiger partial charge in [-0.15, -0.1) is 0 Å². The Morgan fingerprint density at radius 1 is 0.808 bits per heavy atom. The Morgan fingerprint density at radius 3 is 2.38 bits per heavy atom. The molecule has 0 aromatic heterocycles. The molecule has 0 aromatic carbocycles. The van der Waals surface area contributed by atoms with Crippen molar-refractivity contribution in [3.05, 3.63) is 24.3 Å². The highest BCUT2D eigenvalue weighted by Crippen LogP contribution is 2.54. The second-order valence-electron chi connectivity index (χ2n) is 17.4. The first kappa shape index (κ1) is 36.4. The maximum absolute atomic E-state index is 14.1. The lowest BCUT2D eigenvalue weighted by atomic mass is 9.81. The molecular weight excluding hydrogens is 670 g/mol. The van der Waals surface area contributed by atoms with Gasteiger partial charge in [-0.25, -0.2) is 0 Å². The summed E-state index contributed by atoms with van der Waals surface area (Å²) in [7, 11) is 1.66. The van der Waals surface area contributed by atoms with Crippen molar-refractivity contribution < 1.29 is 52.5 Å². The van der Waals surface area contributed by atoms with Gasteiger partial charge in [-0.05, 0) is 62.0 Å². The molecule has 0 amide bonds. The van der Waals surface area contributed by atoms with Gasteiger partial charge in [0.1, 0.15) is 36.3 Å². The largest absolute Gasteiger partial charge is 0.392 e. The Balaban J connectivity index is 0.994. The van der Waals surface area contributed by atoms with Gasteiger partial charge >= 0.3 is 0 Å². The summed E-state index contributed by atoms with van der Waals surface area (Å²) in [5.41, 5.74) is 8.01. The smallest absolute Gasteiger partial charge is 0.172 e. The molecule has 10 saturated heterocycles. The van der Waals surface area contributed by atoms with Crippen molar-refractivity contribution in [3.8, 4) is 0 Å². The molecule has 10 heterocycles. The minimum atomic E-state index is -0.780. The fraction of sp³-hybridized carbons (Fsp3) is 0.875. The van der Waals surface area contributed by atoms with Gasteiger partial charge in [-0.1, -0.05) is 20.1 Å². The van der Waals surface area contributed by atoms with Crippen LogP contribution in [-0.2, 0) is 47.4 Å². The number of methoxy groups -OCH3 is 1. The molecule has 10 rings (SSSR count). The Hall–Kier alpha value is -1.29. The second kappa shape index (κ2) is 14.3. The Bertz CT molecular complexity index is 1380. The molecule has 12 bridgehead atoms. The number of hydrogen-bond acceptors (Lipinski definition) is 12. The molecule has 290 valence electrons. The number of rotatable bonds is 4. The third-order valence-electron chi connectivity index (χ3n) is 14.0. The van der Waals surface area contributed by atoms with Crippen LogP contribution >= 0.6 is 0 Å². The molecular formula is C40H59NO11. The van der Waals surface area contributed by atoms with E-state index in [2.05, 4.69) is 20.1 Å². The summed E-state index contributed by atoms with van der Waals surface area (Å²) < 4.78 is 60.0. The van der Waals surface area contributed by atoms with Crippen LogP contribution in [0.2, 0.25) is 0 Å². The number of Topliss-reactive ketones (excluding diaryl/α,β-unsaturated/α-hetero) is 1. The van der Waals surface area contributed by atoms with E-state index in [9.17, 15) is 9.90 Å². The zero-order chi connectivity index (χ0) is 35.9. The number of carbonyl (C=O) groups excluding carboxylic acids is 1. The van der Waals surface area contributed by atoms with E-state index in [0.717, 1.165) is 56.1 Å². The average molecular weight is 730 g/mol. The van der Waals surface area contributed by atoms with E-state index in [4.69, 9.17) is 48.4 Å². The van der Waals surface area contributed by atoms with Crippen molar-refractivity contribution >= 4 is 5.78 Å². The van der Waals surface area contributed by atoms with Crippen LogP contribution in [0.3, 0.4) is 0 Å². The zero-order valence-corrected chi connectivity index (χ0v) is 30.8. The number of carbonyl (C=O) groups is 1. The first-order chi connectivity index (χ1) is 25.1. The Labute approximate surface area is 307 Å². The number of nitrogens with two attached hydrogens (primary N) is 1. The number of aliphatic hydroxyl groups excluding tert-OH is 1. The number of fused-ring (bicyclic) bond motifs is 6. The highest BCUT2D eigenvalue weighted by Gasteiger charge is 2.68. The van der Waals surface area contributed by atoms with Crippen molar-refractivity contribution in [2.24, 2.45) is 17.6 Å². The molecule has 0 radical (unpaired) electrons. The van der Waals surface area contributed by atoms with Crippen LogP contribution in [0.4, 0.5) is 0 Å². The van der Waals surface area contributed by atoms with E-state index in [1.54, 1.807) is 7.11 Å². The monoisotopic (exact) mass is 729 g/mol. The molecule has 12 heteroatoms. The molecule has 1 spiro atoms. The van der Waals surface area contributed by atoms with E-state index in [-0.39, 0.29) is 122 Å². The van der Waals surface area contributed by atoms with Gasteiger partial charge in [0.05, 0.1) is 67.1 Å². The molecule has 3 N–H and O–H groups in total. The maximum Gasteiger partial charge on any atom is 0.172 e. The number of ketones is 1. The molecule has 10 aliphatic rings. The summed E-state index contributed by atoms with van der Waals surface area (Å²) >= 11 is 0. The molecule has 0 saturated carbocycles. The number of hydrogen-bond donors (Lipinski definition) is 2. The lowest BCUT2D eigenvalue weighted by Crippen LogP contribution is -2.61. The van der Waals surface area contributed by atoms with Crippen LogP contribution in [0.5, 0.6) is 0 Å². The topological polar surface area (TPSA) is 146 Å². The van der Waals surface area contributed by atoms with Crippen LogP contribution < -0.4 is 5.73 Å². The third kappa shape index (κ3) is 6.59. The highest BCUT2D eigenvalue weighted by atomic mass is 16.8. The zero-order valence-electron chi connectivity index (χ0n) is 30.8. The molecule has 5 unspecified atom stereocenters.